The van der Waals surface area contributed by atoms with E-state index >= 15 is 0 Å². The molecule has 0 N–H and O–H groups in total. The van der Waals surface area contributed by atoms with Crippen molar-refractivity contribution in [3.8, 4) is 11.6 Å². The van der Waals surface area contributed by atoms with Gasteiger partial charge in [0.15, 0.2) is 0 Å². The molecule has 0 atom stereocenters. The zero-order valence-electron chi connectivity index (χ0n) is 17.7. The third kappa shape index (κ3) is 4.10. The minimum atomic E-state index is -0.363. The maximum Gasteiger partial charge on any atom is 0.289 e. The zero-order valence-corrected chi connectivity index (χ0v) is 18.5. The van der Waals surface area contributed by atoms with Crippen molar-refractivity contribution >= 4 is 28.3 Å². The van der Waals surface area contributed by atoms with Crippen molar-refractivity contribution in [2.45, 2.75) is 13.3 Å². The molecule has 0 radical (unpaired) electrons. The predicted molar refractivity (Wildman–Crippen MR) is 124 cm³/mol. The van der Waals surface area contributed by atoms with Crippen molar-refractivity contribution in [3.63, 3.8) is 0 Å². The largest absolute Gasteiger partial charge is 0.413 e. The summed E-state index contributed by atoms with van der Waals surface area (Å²) in [7, 11) is 0. The number of benzene rings is 2. The Labute approximate surface area is 194 Å². The normalized spacial score (nSPS) is 11.1. The number of fused-ring (bicyclic) bond motifs is 1. The number of nitrogens with zero attached hydrogens (tertiary/aromatic N) is 4. The monoisotopic (exact) mass is 458 g/mol. The second-order valence-corrected chi connectivity index (χ2v) is 7.87. The van der Waals surface area contributed by atoms with Gasteiger partial charge in [-0.1, -0.05) is 48.0 Å². The first kappa shape index (κ1) is 20.9. The van der Waals surface area contributed by atoms with Crippen LogP contribution in [-0.4, -0.2) is 32.3 Å². The number of carbonyl (C=O) groups is 1. The Hall–Kier alpha value is -3.97. The highest BCUT2D eigenvalue weighted by Crippen LogP contribution is 2.28. The van der Waals surface area contributed by atoms with Gasteiger partial charge in [0, 0.05) is 23.0 Å². The number of carbonyl (C=O) groups excluding carboxylic acids is 1. The highest BCUT2D eigenvalue weighted by Gasteiger charge is 2.26. The summed E-state index contributed by atoms with van der Waals surface area (Å²) in [6.07, 6.45) is 2.32. The van der Waals surface area contributed by atoms with Crippen molar-refractivity contribution in [2.24, 2.45) is 0 Å². The number of aromatic nitrogens is 4. The lowest BCUT2D eigenvalue weighted by Crippen LogP contribution is -2.16. The second-order valence-electron chi connectivity index (χ2n) is 7.44. The highest BCUT2D eigenvalue weighted by atomic mass is 35.5. The van der Waals surface area contributed by atoms with Crippen LogP contribution in [0.5, 0.6) is 0 Å². The molecule has 0 aliphatic heterocycles. The molecule has 0 aliphatic rings. The summed E-state index contributed by atoms with van der Waals surface area (Å²) in [4.78, 5) is 23.6. The minimum Gasteiger partial charge on any atom is -0.413 e. The SMILES string of the molecule is Cc1c(C(=O)c2nnc(-c3ccccn3)o2)c2ccccc2n1OCCc1ccc(Cl)cc1. The lowest BCUT2D eigenvalue weighted by molar-refractivity contribution is 0.0991. The van der Waals surface area contributed by atoms with Gasteiger partial charge in [-0.15, -0.1) is 10.2 Å². The molecule has 0 spiro atoms. The molecule has 2 aromatic carbocycles. The molecule has 3 aromatic heterocycles. The van der Waals surface area contributed by atoms with Crippen LogP contribution in [0.2, 0.25) is 5.02 Å². The lowest BCUT2D eigenvalue weighted by atomic mass is 10.1. The minimum absolute atomic E-state index is 0.0946. The Morgan fingerprint density at radius 1 is 1.03 bits per heavy atom. The van der Waals surface area contributed by atoms with Crippen LogP contribution in [0.15, 0.2) is 77.3 Å². The van der Waals surface area contributed by atoms with Gasteiger partial charge < -0.3 is 9.25 Å². The fourth-order valence-corrected chi connectivity index (χ4v) is 3.84. The van der Waals surface area contributed by atoms with Crippen LogP contribution in [0.25, 0.3) is 22.5 Å². The standard InChI is InChI=1S/C25H19ClN4O3/c1-16-22(23(31)25-29-28-24(33-25)20-7-4-5-14-27-20)19-6-2-3-8-21(19)30(16)32-15-13-17-9-11-18(26)12-10-17/h2-12,14H,13,15H2,1H3. The zero-order chi connectivity index (χ0) is 22.8. The molecule has 0 saturated carbocycles. The number of para-hydroxylation sites is 1. The molecule has 0 fully saturated rings. The predicted octanol–water partition coefficient (Wildman–Crippen LogP) is 4.95. The van der Waals surface area contributed by atoms with Gasteiger partial charge >= 0.3 is 0 Å². The van der Waals surface area contributed by atoms with Crippen LogP contribution < -0.4 is 4.84 Å². The average Bonchev–Trinajstić information content (AvgIpc) is 3.44. The quantitative estimate of drug-likeness (QED) is 0.321. The summed E-state index contributed by atoms with van der Waals surface area (Å²) in [5.41, 5.74) is 3.54. The first-order valence-electron chi connectivity index (χ1n) is 10.4. The number of hydrogen-bond acceptors (Lipinski definition) is 6. The van der Waals surface area contributed by atoms with Crippen LogP contribution in [0.3, 0.4) is 0 Å². The maximum absolute atomic E-state index is 13.4. The highest BCUT2D eigenvalue weighted by molar-refractivity contribution is 6.30. The fourth-order valence-electron chi connectivity index (χ4n) is 3.71. The first-order valence-corrected chi connectivity index (χ1v) is 10.8. The molecule has 164 valence electrons. The van der Waals surface area contributed by atoms with Gasteiger partial charge in [-0.2, -0.15) is 4.73 Å². The van der Waals surface area contributed by atoms with Crippen molar-refractivity contribution in [1.29, 1.82) is 0 Å². The Kier molecular flexibility index (Phi) is 5.62. The van der Waals surface area contributed by atoms with Crippen molar-refractivity contribution < 1.29 is 14.0 Å². The molecule has 0 bridgehead atoms. The van der Waals surface area contributed by atoms with Gasteiger partial charge in [0.1, 0.15) is 12.3 Å². The molecular formula is C25H19ClN4O3. The number of pyridine rings is 1. The van der Waals surface area contributed by atoms with Gasteiger partial charge in [0.25, 0.3) is 17.6 Å². The molecule has 0 amide bonds. The molecule has 3 heterocycles. The lowest BCUT2D eigenvalue weighted by Gasteiger charge is -2.11. The third-order valence-corrected chi connectivity index (χ3v) is 5.57. The van der Waals surface area contributed by atoms with Gasteiger partial charge in [0.05, 0.1) is 16.8 Å². The first-order chi connectivity index (χ1) is 16.1. The van der Waals surface area contributed by atoms with Crippen molar-refractivity contribution in [2.75, 3.05) is 6.61 Å². The average molecular weight is 459 g/mol. The third-order valence-electron chi connectivity index (χ3n) is 5.31. The second kappa shape index (κ2) is 8.88. The molecule has 33 heavy (non-hydrogen) atoms. The molecule has 5 aromatic rings. The van der Waals surface area contributed by atoms with E-state index in [4.69, 9.17) is 20.9 Å². The summed E-state index contributed by atoms with van der Waals surface area (Å²) in [5.74, 6) is -0.263. The summed E-state index contributed by atoms with van der Waals surface area (Å²) in [5, 5.41) is 9.41. The molecule has 5 rings (SSSR count). The van der Waals surface area contributed by atoms with E-state index < -0.39 is 0 Å². The Morgan fingerprint density at radius 2 is 1.82 bits per heavy atom. The Morgan fingerprint density at radius 3 is 2.61 bits per heavy atom. The Balaban J connectivity index is 1.44. The molecule has 0 saturated heterocycles. The number of rotatable bonds is 7. The van der Waals surface area contributed by atoms with E-state index in [9.17, 15) is 4.79 Å². The Bertz CT molecular complexity index is 1430. The topological polar surface area (TPSA) is 83.0 Å². The van der Waals surface area contributed by atoms with E-state index in [0.717, 1.165) is 16.5 Å². The van der Waals surface area contributed by atoms with E-state index in [2.05, 4.69) is 15.2 Å². The van der Waals surface area contributed by atoms with Crippen molar-refractivity contribution in [1.82, 2.24) is 19.9 Å². The van der Waals surface area contributed by atoms with Gasteiger partial charge in [-0.3, -0.25) is 9.78 Å². The van der Waals surface area contributed by atoms with E-state index in [1.165, 1.54) is 0 Å². The smallest absolute Gasteiger partial charge is 0.289 e. The maximum atomic E-state index is 13.4. The molecule has 0 aliphatic carbocycles. The van der Waals surface area contributed by atoms with Crippen LogP contribution in [0, 0.1) is 6.92 Å². The van der Waals surface area contributed by atoms with Crippen LogP contribution >= 0.6 is 11.6 Å². The van der Waals surface area contributed by atoms with Crippen LogP contribution in [-0.2, 0) is 6.42 Å². The summed E-state index contributed by atoms with van der Waals surface area (Å²) < 4.78 is 7.34. The van der Waals surface area contributed by atoms with Gasteiger partial charge in [-0.25, -0.2) is 0 Å². The van der Waals surface area contributed by atoms with Crippen LogP contribution in [0.4, 0.5) is 0 Å². The van der Waals surface area contributed by atoms with Gasteiger partial charge in [0.2, 0.25) is 0 Å². The number of halogens is 1. The van der Waals surface area contributed by atoms with E-state index in [1.54, 1.807) is 23.1 Å². The molecule has 0 unspecified atom stereocenters. The van der Waals surface area contributed by atoms with E-state index in [-0.39, 0.29) is 17.6 Å². The molecule has 7 nitrogen and oxygen atoms in total. The van der Waals surface area contributed by atoms with E-state index in [1.807, 2.05) is 61.5 Å². The fraction of sp³-hybridized carbons (Fsp3) is 0.120. The molecule has 8 heteroatoms. The summed E-state index contributed by atoms with van der Waals surface area (Å²) in [6, 6.07) is 20.6. The summed E-state index contributed by atoms with van der Waals surface area (Å²) in [6.45, 7) is 2.27. The van der Waals surface area contributed by atoms with E-state index in [0.29, 0.717) is 35.0 Å². The summed E-state index contributed by atoms with van der Waals surface area (Å²) >= 11 is 5.96. The molecular weight excluding hydrogens is 440 g/mol. The van der Waals surface area contributed by atoms with Gasteiger partial charge in [-0.05, 0) is 42.8 Å². The number of ketones is 1. The van der Waals surface area contributed by atoms with Crippen molar-refractivity contribution in [3.05, 3.63) is 101 Å². The number of hydrogen-bond donors (Lipinski definition) is 0. The van der Waals surface area contributed by atoms with Crippen LogP contribution in [0.1, 0.15) is 27.5 Å².